The van der Waals surface area contributed by atoms with Gasteiger partial charge in [0.05, 0.1) is 26.8 Å². The van der Waals surface area contributed by atoms with Crippen LogP contribution in [-0.4, -0.2) is 21.9 Å². The Hall–Kier alpha value is -2.30. The highest BCUT2D eigenvalue weighted by Crippen LogP contribution is 2.41. The fourth-order valence-corrected chi connectivity index (χ4v) is 5.06. The van der Waals surface area contributed by atoms with Crippen LogP contribution in [0.25, 0.3) is 22.0 Å². The number of hydrogen-bond donors (Lipinski definition) is 2. The molecule has 0 atom stereocenters. The molecule has 2 aliphatic carbocycles. The maximum absolute atomic E-state index is 13.1. The van der Waals surface area contributed by atoms with Gasteiger partial charge in [-0.2, -0.15) is 0 Å². The first-order chi connectivity index (χ1) is 15.4. The van der Waals surface area contributed by atoms with Gasteiger partial charge < -0.3 is 10.4 Å². The van der Waals surface area contributed by atoms with Gasteiger partial charge in [0.2, 0.25) is 0 Å². The summed E-state index contributed by atoms with van der Waals surface area (Å²) in [7, 11) is 0. The molecule has 0 aliphatic heterocycles. The molecular weight excluding hydrogens is 443 g/mol. The van der Waals surface area contributed by atoms with E-state index < -0.39 is 0 Å². The standard InChI is InChI=1S/C26H26Cl2N2O2/c1-14-2-7-17(8-3-14)30-25-19-10-16(18-11-22(28)24(31)12-21(18)27)6-9-23(19)29-13-20(25)26(32)15-4-5-15/h6,9-15,17,31H,2-5,7-8H2,1H3,(H,29,30)/t14-,17-. The number of anilines is 1. The molecule has 1 heterocycles. The number of nitrogens with zero attached hydrogens (tertiary/aromatic N) is 1. The Bertz CT molecular complexity index is 1200. The molecule has 6 heteroatoms. The molecule has 2 aromatic carbocycles. The highest BCUT2D eigenvalue weighted by atomic mass is 35.5. The molecule has 0 unspecified atom stereocenters. The van der Waals surface area contributed by atoms with Crippen LogP contribution in [0, 0.1) is 11.8 Å². The molecule has 5 rings (SSSR count). The highest BCUT2D eigenvalue weighted by Gasteiger charge is 2.33. The lowest BCUT2D eigenvalue weighted by atomic mass is 9.87. The van der Waals surface area contributed by atoms with Gasteiger partial charge in [-0.05, 0) is 68.2 Å². The van der Waals surface area contributed by atoms with Crippen LogP contribution in [0.4, 0.5) is 5.69 Å². The molecule has 2 N–H and O–H groups in total. The zero-order chi connectivity index (χ0) is 22.4. The van der Waals surface area contributed by atoms with E-state index in [1.54, 1.807) is 12.3 Å². The van der Waals surface area contributed by atoms with Crippen LogP contribution < -0.4 is 5.32 Å². The monoisotopic (exact) mass is 468 g/mol. The molecule has 0 bridgehead atoms. The lowest BCUT2D eigenvalue weighted by Crippen LogP contribution is -2.26. The van der Waals surface area contributed by atoms with E-state index in [4.69, 9.17) is 23.2 Å². The van der Waals surface area contributed by atoms with Gasteiger partial charge in [-0.25, -0.2) is 0 Å². The lowest BCUT2D eigenvalue weighted by Gasteiger charge is -2.29. The van der Waals surface area contributed by atoms with Crippen LogP contribution in [0.3, 0.4) is 0 Å². The number of Topliss-reactive ketones (excluding diaryl/α,β-unsaturated/α-hetero) is 1. The van der Waals surface area contributed by atoms with Crippen molar-refractivity contribution < 1.29 is 9.90 Å². The number of nitrogens with one attached hydrogen (secondary N) is 1. The van der Waals surface area contributed by atoms with Crippen LogP contribution in [0.15, 0.2) is 36.5 Å². The van der Waals surface area contributed by atoms with Crippen LogP contribution in [-0.2, 0) is 0 Å². The number of phenols is 1. The zero-order valence-corrected chi connectivity index (χ0v) is 19.5. The summed E-state index contributed by atoms with van der Waals surface area (Å²) in [6, 6.07) is 9.38. The molecular formula is C26H26Cl2N2O2. The number of ketones is 1. The molecule has 2 aliphatic rings. The Balaban J connectivity index is 1.63. The van der Waals surface area contributed by atoms with Crippen molar-refractivity contribution in [3.05, 3.63) is 52.1 Å². The Labute approximate surface area is 198 Å². The predicted octanol–water partition coefficient (Wildman–Crippen LogP) is 7.50. The normalized spacial score (nSPS) is 21.0. The second kappa shape index (κ2) is 8.57. The van der Waals surface area contributed by atoms with E-state index in [0.29, 0.717) is 16.6 Å². The predicted molar refractivity (Wildman–Crippen MR) is 131 cm³/mol. The first kappa shape index (κ1) is 21.5. The molecule has 4 nitrogen and oxygen atoms in total. The van der Waals surface area contributed by atoms with Crippen LogP contribution >= 0.6 is 23.2 Å². The van der Waals surface area contributed by atoms with Crippen molar-refractivity contribution in [2.24, 2.45) is 11.8 Å². The topological polar surface area (TPSA) is 62.2 Å². The number of halogens is 2. The molecule has 0 radical (unpaired) electrons. The van der Waals surface area contributed by atoms with E-state index in [-0.39, 0.29) is 22.5 Å². The summed E-state index contributed by atoms with van der Waals surface area (Å²) in [6.07, 6.45) is 8.24. The number of pyridine rings is 1. The Kier molecular flexibility index (Phi) is 5.77. The summed E-state index contributed by atoms with van der Waals surface area (Å²) in [5.41, 5.74) is 3.99. The summed E-state index contributed by atoms with van der Waals surface area (Å²) in [5.74, 6) is 1.01. The van der Waals surface area contributed by atoms with Gasteiger partial charge in [0.25, 0.3) is 0 Å². The van der Waals surface area contributed by atoms with Crippen molar-refractivity contribution in [2.75, 3.05) is 5.32 Å². The molecule has 0 spiro atoms. The molecule has 166 valence electrons. The first-order valence-corrected chi connectivity index (χ1v) is 12.1. The largest absolute Gasteiger partial charge is 0.506 e. The second-order valence-electron chi connectivity index (χ2n) is 9.30. The van der Waals surface area contributed by atoms with E-state index in [1.807, 2.05) is 18.2 Å². The number of hydrogen-bond acceptors (Lipinski definition) is 4. The van der Waals surface area contributed by atoms with E-state index >= 15 is 0 Å². The van der Waals surface area contributed by atoms with Gasteiger partial charge in [0.1, 0.15) is 5.75 Å². The number of carbonyl (C=O) groups excluding carboxylic acids is 1. The maximum Gasteiger partial charge on any atom is 0.169 e. The Morgan fingerprint density at radius 2 is 1.78 bits per heavy atom. The minimum Gasteiger partial charge on any atom is -0.506 e. The average molecular weight is 469 g/mol. The summed E-state index contributed by atoms with van der Waals surface area (Å²) >= 11 is 12.6. The minimum atomic E-state index is -0.0472. The molecule has 0 saturated heterocycles. The SMILES string of the molecule is C[C@H]1CC[C@H](Nc2c(C(=O)C3CC3)cnc3ccc(-c4cc(Cl)c(O)cc4Cl)cc23)CC1. The number of carbonyl (C=O) groups is 1. The van der Waals surface area contributed by atoms with Gasteiger partial charge in [0.15, 0.2) is 5.78 Å². The number of aromatic nitrogens is 1. The number of fused-ring (bicyclic) bond motifs is 1. The highest BCUT2D eigenvalue weighted by molar-refractivity contribution is 6.36. The first-order valence-electron chi connectivity index (χ1n) is 11.3. The number of benzene rings is 2. The van der Waals surface area contributed by atoms with Gasteiger partial charge in [0, 0.05) is 35.2 Å². The van der Waals surface area contributed by atoms with Crippen LogP contribution in [0.1, 0.15) is 55.8 Å². The van der Waals surface area contributed by atoms with Crippen molar-refractivity contribution in [1.29, 1.82) is 0 Å². The Morgan fingerprint density at radius 3 is 2.50 bits per heavy atom. The van der Waals surface area contributed by atoms with Crippen molar-refractivity contribution in [1.82, 2.24) is 4.98 Å². The summed E-state index contributed by atoms with van der Waals surface area (Å²) in [4.78, 5) is 17.7. The third kappa shape index (κ3) is 4.18. The summed E-state index contributed by atoms with van der Waals surface area (Å²) in [5, 5.41) is 15.2. The van der Waals surface area contributed by atoms with Gasteiger partial charge in [-0.3, -0.25) is 9.78 Å². The molecule has 1 aromatic heterocycles. The quantitative estimate of drug-likeness (QED) is 0.380. The van der Waals surface area contributed by atoms with Crippen molar-refractivity contribution in [2.45, 2.75) is 51.5 Å². The fraction of sp³-hybridized carbons (Fsp3) is 0.385. The fourth-order valence-electron chi connectivity index (χ4n) is 4.63. The lowest BCUT2D eigenvalue weighted by molar-refractivity contribution is 0.0968. The number of rotatable bonds is 5. The number of phenolic OH excluding ortho intramolecular Hbond substituents is 1. The van der Waals surface area contributed by atoms with Gasteiger partial charge in [-0.15, -0.1) is 0 Å². The summed E-state index contributed by atoms with van der Waals surface area (Å²) < 4.78 is 0. The number of aromatic hydroxyl groups is 1. The summed E-state index contributed by atoms with van der Waals surface area (Å²) in [6.45, 7) is 2.30. The van der Waals surface area contributed by atoms with Crippen molar-refractivity contribution in [3.8, 4) is 16.9 Å². The van der Waals surface area contributed by atoms with Crippen LogP contribution in [0.5, 0.6) is 5.75 Å². The van der Waals surface area contributed by atoms with E-state index in [9.17, 15) is 9.90 Å². The zero-order valence-electron chi connectivity index (χ0n) is 18.0. The van der Waals surface area contributed by atoms with Gasteiger partial charge in [-0.1, -0.05) is 36.2 Å². The van der Waals surface area contributed by atoms with E-state index in [1.165, 1.54) is 18.9 Å². The molecule has 3 aromatic rings. The smallest absolute Gasteiger partial charge is 0.169 e. The second-order valence-corrected chi connectivity index (χ2v) is 10.1. The Morgan fingerprint density at radius 1 is 1.03 bits per heavy atom. The van der Waals surface area contributed by atoms with Gasteiger partial charge >= 0.3 is 0 Å². The molecule has 2 fully saturated rings. The van der Waals surface area contributed by atoms with Crippen molar-refractivity contribution >= 4 is 45.6 Å². The molecule has 32 heavy (non-hydrogen) atoms. The maximum atomic E-state index is 13.1. The minimum absolute atomic E-state index is 0.0472. The van der Waals surface area contributed by atoms with E-state index in [2.05, 4.69) is 17.2 Å². The average Bonchev–Trinajstić information content (AvgIpc) is 3.63. The molecule has 0 amide bonds. The van der Waals surface area contributed by atoms with Crippen molar-refractivity contribution in [3.63, 3.8) is 0 Å². The molecule has 2 saturated carbocycles. The third-order valence-corrected chi connectivity index (χ3v) is 7.41. The third-order valence-electron chi connectivity index (χ3n) is 6.79. The van der Waals surface area contributed by atoms with E-state index in [0.717, 1.165) is 59.3 Å². The van der Waals surface area contributed by atoms with Crippen LogP contribution in [0.2, 0.25) is 10.0 Å².